The molecule has 0 unspecified atom stereocenters. The molecule has 3 rings (SSSR count). The molecule has 0 aromatic heterocycles. The van der Waals surface area contributed by atoms with Gasteiger partial charge in [0.05, 0.1) is 18.9 Å². The van der Waals surface area contributed by atoms with Crippen molar-refractivity contribution in [1.82, 2.24) is 0 Å². The number of hydrogen-bond acceptors (Lipinski definition) is 3. The molecule has 84 valence electrons. The fourth-order valence-corrected chi connectivity index (χ4v) is 2.56. The molecule has 1 saturated heterocycles. The molecule has 0 radical (unpaired) electrons. The van der Waals surface area contributed by atoms with Crippen LogP contribution in [-0.2, 0) is 20.1 Å². The van der Waals surface area contributed by atoms with Gasteiger partial charge >= 0.3 is 0 Å². The first kappa shape index (κ1) is 10.3. The van der Waals surface area contributed by atoms with Crippen LogP contribution in [0.3, 0.4) is 0 Å². The number of likely N-dealkylation sites (N-methyl/N-ethyl adjacent to an activating group) is 1. The van der Waals surface area contributed by atoms with Crippen LogP contribution < -0.4 is 4.90 Å². The molecule has 1 amide bonds. The lowest BCUT2D eigenvalue weighted by Crippen LogP contribution is -2.39. The summed E-state index contributed by atoms with van der Waals surface area (Å²) in [5.41, 5.74) is 1.63. The summed E-state index contributed by atoms with van der Waals surface area (Å²) in [6, 6.07) is 5.66. The van der Waals surface area contributed by atoms with Gasteiger partial charge in [-0.3, -0.25) is 4.79 Å². The molecule has 2 aliphatic heterocycles. The zero-order valence-corrected chi connectivity index (χ0v) is 10.3. The van der Waals surface area contributed by atoms with Gasteiger partial charge in [0, 0.05) is 17.1 Å². The van der Waals surface area contributed by atoms with E-state index < -0.39 is 5.79 Å². The molecule has 0 saturated carbocycles. The van der Waals surface area contributed by atoms with Crippen molar-refractivity contribution in [1.29, 1.82) is 0 Å². The van der Waals surface area contributed by atoms with Crippen LogP contribution in [0.25, 0.3) is 0 Å². The quantitative estimate of drug-likeness (QED) is 0.726. The summed E-state index contributed by atoms with van der Waals surface area (Å²) in [5, 5.41) is 0. The minimum absolute atomic E-state index is 0.155. The van der Waals surface area contributed by atoms with E-state index in [2.05, 4.69) is 15.9 Å². The lowest BCUT2D eigenvalue weighted by atomic mass is 10.1. The van der Waals surface area contributed by atoms with Gasteiger partial charge in [0.1, 0.15) is 0 Å². The van der Waals surface area contributed by atoms with Crippen LogP contribution >= 0.6 is 15.9 Å². The Kier molecular flexibility index (Phi) is 2.11. The van der Waals surface area contributed by atoms with Crippen molar-refractivity contribution in [3.8, 4) is 0 Å². The van der Waals surface area contributed by atoms with E-state index in [1.54, 1.807) is 11.9 Å². The summed E-state index contributed by atoms with van der Waals surface area (Å²) in [6.45, 7) is 0.900. The zero-order chi connectivity index (χ0) is 11.3. The molecule has 0 atom stereocenters. The highest BCUT2D eigenvalue weighted by Crippen LogP contribution is 2.45. The predicted molar refractivity (Wildman–Crippen MR) is 61.1 cm³/mol. The van der Waals surface area contributed by atoms with Gasteiger partial charge in [0.15, 0.2) is 0 Å². The highest BCUT2D eigenvalue weighted by Gasteiger charge is 2.55. The van der Waals surface area contributed by atoms with Crippen molar-refractivity contribution in [3.05, 3.63) is 28.2 Å². The van der Waals surface area contributed by atoms with E-state index >= 15 is 0 Å². The second-order valence-electron chi connectivity index (χ2n) is 3.84. The van der Waals surface area contributed by atoms with Crippen molar-refractivity contribution >= 4 is 27.5 Å². The standard InChI is InChI=1S/C11H10BrNO3/c1-13-9-3-2-7(12)6-8(9)11(10(13)14)15-4-5-16-11/h2-3,6H,4-5H2,1H3. The van der Waals surface area contributed by atoms with E-state index in [-0.39, 0.29) is 5.91 Å². The van der Waals surface area contributed by atoms with Crippen molar-refractivity contribution in [2.45, 2.75) is 5.79 Å². The topological polar surface area (TPSA) is 38.8 Å². The number of halogens is 1. The Morgan fingerprint density at radius 3 is 2.75 bits per heavy atom. The average molecular weight is 284 g/mol. The lowest BCUT2D eigenvalue weighted by molar-refractivity contribution is -0.180. The van der Waals surface area contributed by atoms with Crippen LogP contribution in [0.1, 0.15) is 5.56 Å². The Labute approximate surface area is 101 Å². The van der Waals surface area contributed by atoms with Crippen molar-refractivity contribution in [2.75, 3.05) is 25.2 Å². The van der Waals surface area contributed by atoms with E-state index in [0.717, 1.165) is 15.7 Å². The fraction of sp³-hybridized carbons (Fsp3) is 0.364. The molecule has 0 aliphatic carbocycles. The van der Waals surface area contributed by atoms with Gasteiger partial charge in [-0.15, -0.1) is 0 Å². The molecule has 4 nitrogen and oxygen atoms in total. The molecule has 5 heteroatoms. The Bertz CT molecular complexity index is 468. The average Bonchev–Trinajstić information content (AvgIpc) is 2.83. The normalized spacial score (nSPS) is 21.9. The van der Waals surface area contributed by atoms with E-state index in [4.69, 9.17) is 9.47 Å². The van der Waals surface area contributed by atoms with Gasteiger partial charge in [-0.05, 0) is 18.2 Å². The summed E-state index contributed by atoms with van der Waals surface area (Å²) in [6.07, 6.45) is 0. The molecular formula is C11H10BrNO3. The van der Waals surface area contributed by atoms with Crippen molar-refractivity contribution < 1.29 is 14.3 Å². The maximum atomic E-state index is 12.2. The Morgan fingerprint density at radius 2 is 2.06 bits per heavy atom. The van der Waals surface area contributed by atoms with Crippen LogP contribution in [0.15, 0.2) is 22.7 Å². The van der Waals surface area contributed by atoms with Crippen LogP contribution in [0.5, 0.6) is 0 Å². The number of rotatable bonds is 0. The molecule has 1 aromatic carbocycles. The molecule has 2 heterocycles. The second kappa shape index (κ2) is 3.29. The molecule has 1 fully saturated rings. The molecule has 1 aromatic rings. The van der Waals surface area contributed by atoms with E-state index in [1.165, 1.54) is 0 Å². The number of amides is 1. The van der Waals surface area contributed by atoms with Crippen LogP contribution in [0.4, 0.5) is 5.69 Å². The van der Waals surface area contributed by atoms with Crippen molar-refractivity contribution in [2.24, 2.45) is 0 Å². The maximum absolute atomic E-state index is 12.2. The largest absolute Gasteiger partial charge is 0.336 e. The number of hydrogen-bond donors (Lipinski definition) is 0. The third-order valence-electron chi connectivity index (χ3n) is 2.95. The fourth-order valence-electron chi connectivity index (χ4n) is 2.20. The number of benzene rings is 1. The van der Waals surface area contributed by atoms with E-state index in [0.29, 0.717) is 13.2 Å². The molecule has 16 heavy (non-hydrogen) atoms. The maximum Gasteiger partial charge on any atom is 0.292 e. The Morgan fingerprint density at radius 1 is 1.38 bits per heavy atom. The van der Waals surface area contributed by atoms with Gasteiger partial charge in [0.25, 0.3) is 11.7 Å². The van der Waals surface area contributed by atoms with Gasteiger partial charge in [-0.25, -0.2) is 0 Å². The Hall–Kier alpha value is -0.910. The molecular weight excluding hydrogens is 274 g/mol. The van der Waals surface area contributed by atoms with Gasteiger partial charge in [-0.1, -0.05) is 15.9 Å². The highest BCUT2D eigenvalue weighted by atomic mass is 79.9. The first-order chi connectivity index (χ1) is 7.65. The van der Waals surface area contributed by atoms with Gasteiger partial charge < -0.3 is 14.4 Å². The molecule has 1 spiro atoms. The SMILES string of the molecule is CN1C(=O)C2(OCCO2)c2cc(Br)ccc21. The number of fused-ring (bicyclic) bond motifs is 2. The summed E-state index contributed by atoms with van der Waals surface area (Å²) in [7, 11) is 1.73. The van der Waals surface area contributed by atoms with Gasteiger partial charge in [-0.2, -0.15) is 0 Å². The number of carbonyl (C=O) groups is 1. The zero-order valence-electron chi connectivity index (χ0n) is 8.70. The third-order valence-corrected chi connectivity index (χ3v) is 3.45. The number of ether oxygens (including phenoxy) is 2. The minimum Gasteiger partial charge on any atom is -0.336 e. The smallest absolute Gasteiger partial charge is 0.292 e. The summed E-state index contributed by atoms with van der Waals surface area (Å²) >= 11 is 3.39. The minimum atomic E-state index is -1.20. The number of anilines is 1. The summed E-state index contributed by atoms with van der Waals surface area (Å²) in [4.78, 5) is 13.7. The molecule has 2 aliphatic rings. The van der Waals surface area contributed by atoms with E-state index in [9.17, 15) is 4.79 Å². The third kappa shape index (κ3) is 1.13. The Balaban J connectivity index is 2.23. The lowest BCUT2D eigenvalue weighted by Gasteiger charge is -2.20. The summed E-state index contributed by atoms with van der Waals surface area (Å²) in [5.74, 6) is -1.36. The number of nitrogens with zero attached hydrogens (tertiary/aromatic N) is 1. The summed E-state index contributed by atoms with van der Waals surface area (Å²) < 4.78 is 12.0. The first-order valence-corrected chi connectivity index (χ1v) is 5.80. The monoisotopic (exact) mass is 283 g/mol. The second-order valence-corrected chi connectivity index (χ2v) is 4.75. The predicted octanol–water partition coefficient (Wildman–Crippen LogP) is 1.63. The van der Waals surface area contributed by atoms with E-state index in [1.807, 2.05) is 18.2 Å². The van der Waals surface area contributed by atoms with Crippen LogP contribution in [0.2, 0.25) is 0 Å². The van der Waals surface area contributed by atoms with Crippen LogP contribution in [0, 0.1) is 0 Å². The van der Waals surface area contributed by atoms with Crippen LogP contribution in [-0.4, -0.2) is 26.2 Å². The molecule has 0 bridgehead atoms. The van der Waals surface area contributed by atoms with Gasteiger partial charge in [0.2, 0.25) is 0 Å². The highest BCUT2D eigenvalue weighted by molar-refractivity contribution is 9.10. The molecule has 0 N–H and O–H groups in total. The first-order valence-electron chi connectivity index (χ1n) is 5.01. The van der Waals surface area contributed by atoms with Crippen molar-refractivity contribution in [3.63, 3.8) is 0 Å². The number of carbonyl (C=O) groups excluding carboxylic acids is 1.